The van der Waals surface area contributed by atoms with Crippen LogP contribution in [0.4, 0.5) is 4.39 Å². The average molecular weight is 479 g/mol. The molecule has 5 rings (SSSR count). The summed E-state index contributed by atoms with van der Waals surface area (Å²) in [6, 6.07) is 12.5. The largest absolute Gasteiger partial charge is 0.497 e. The van der Waals surface area contributed by atoms with Crippen molar-refractivity contribution in [2.24, 2.45) is 11.8 Å². The number of benzene rings is 2. The molecule has 3 aromatic rings. The van der Waals surface area contributed by atoms with Crippen LogP contribution in [0.1, 0.15) is 54.5 Å². The Bertz CT molecular complexity index is 1230. The average Bonchev–Trinajstić information content (AvgIpc) is 3.29. The number of carboxylic acids is 1. The molecule has 184 valence electrons. The van der Waals surface area contributed by atoms with Gasteiger partial charge in [-0.1, -0.05) is 6.07 Å². The Labute approximate surface area is 204 Å². The Kier molecular flexibility index (Phi) is 6.71. The van der Waals surface area contributed by atoms with E-state index in [9.17, 15) is 19.4 Å². The Morgan fingerprint density at radius 1 is 1.23 bits per heavy atom. The Hall–Kier alpha value is -3.03. The number of nitrogens with zero attached hydrogens (tertiary/aromatic N) is 2. The van der Waals surface area contributed by atoms with E-state index in [0.717, 1.165) is 53.4 Å². The first-order valence-electron chi connectivity index (χ1n) is 12.3. The number of hydrogen-bond acceptors (Lipinski definition) is 5. The smallest absolute Gasteiger partial charge is 0.308 e. The lowest BCUT2D eigenvalue weighted by atomic mass is 9.80. The van der Waals surface area contributed by atoms with Gasteiger partial charge in [0.2, 0.25) is 0 Å². The molecule has 2 aromatic carbocycles. The van der Waals surface area contributed by atoms with E-state index in [1.807, 2.05) is 30.3 Å². The molecule has 35 heavy (non-hydrogen) atoms. The highest BCUT2D eigenvalue weighted by Crippen LogP contribution is 2.41. The van der Waals surface area contributed by atoms with Crippen LogP contribution in [0.15, 0.2) is 48.7 Å². The van der Waals surface area contributed by atoms with Crippen LogP contribution in [-0.4, -0.2) is 46.3 Å². The molecule has 2 heterocycles. The molecule has 0 amide bonds. The summed E-state index contributed by atoms with van der Waals surface area (Å²) in [6.07, 6.45) is 4.58. The van der Waals surface area contributed by atoms with Crippen molar-refractivity contribution in [3.63, 3.8) is 0 Å². The first kappa shape index (κ1) is 23.7. The fourth-order valence-electron chi connectivity index (χ4n) is 5.97. The van der Waals surface area contributed by atoms with Gasteiger partial charge in [-0.15, -0.1) is 0 Å². The van der Waals surface area contributed by atoms with Crippen molar-refractivity contribution in [3.05, 3.63) is 71.2 Å². The maximum Gasteiger partial charge on any atom is 0.308 e. The zero-order valence-electron chi connectivity index (χ0n) is 19.9. The quantitative estimate of drug-likeness (QED) is 0.502. The van der Waals surface area contributed by atoms with Crippen molar-refractivity contribution in [2.75, 3.05) is 20.2 Å². The van der Waals surface area contributed by atoms with Gasteiger partial charge in [-0.25, -0.2) is 4.39 Å². The number of fused-ring (bicyclic) bond motifs is 2. The number of carbonyl (C=O) groups is 1. The zero-order valence-corrected chi connectivity index (χ0v) is 19.9. The number of ether oxygens (including phenoxy) is 1. The highest BCUT2D eigenvalue weighted by atomic mass is 19.1. The normalized spacial score (nSPS) is 23.2. The summed E-state index contributed by atoms with van der Waals surface area (Å²) in [5.74, 6) is -0.797. The Balaban J connectivity index is 1.27. The monoisotopic (exact) mass is 478 g/mol. The lowest BCUT2D eigenvalue weighted by Crippen LogP contribution is -2.45. The fourth-order valence-corrected chi connectivity index (χ4v) is 5.97. The van der Waals surface area contributed by atoms with Gasteiger partial charge in [-0.2, -0.15) is 0 Å². The standard InChI is InChI=1S/C28H31FN2O4/c1-35-20-5-7-25-23(15-20)22(10-12-30-25)27(32)9-3-17-11-13-31(16-24(17)28(33)34)26-8-2-18-14-19(29)4-6-21(18)26/h4-7,10,12,14-15,17,24,26-27,32H,2-3,8-9,11,13,16H2,1H3,(H,33,34)/t17-,24+,26?,27?/m1/s1. The summed E-state index contributed by atoms with van der Waals surface area (Å²) in [5.41, 5.74) is 3.74. The number of pyridine rings is 1. The van der Waals surface area contributed by atoms with E-state index in [-0.39, 0.29) is 17.8 Å². The number of aryl methyl sites for hydroxylation is 1. The SMILES string of the molecule is COc1ccc2nccc(C(O)CC[C@@H]3CCN(C4CCc5cc(F)ccc54)C[C@@H]3C(=O)O)c2c1. The number of piperidine rings is 1. The zero-order chi connectivity index (χ0) is 24.5. The van der Waals surface area contributed by atoms with Crippen molar-refractivity contribution in [2.45, 2.75) is 44.2 Å². The number of methoxy groups -OCH3 is 1. The van der Waals surface area contributed by atoms with Crippen LogP contribution < -0.4 is 4.74 Å². The third kappa shape index (κ3) is 4.75. The molecule has 4 atom stereocenters. The number of rotatable bonds is 7. The predicted octanol–water partition coefficient (Wildman–Crippen LogP) is 4.91. The van der Waals surface area contributed by atoms with Crippen LogP contribution >= 0.6 is 0 Å². The molecule has 0 spiro atoms. The number of aliphatic hydroxyl groups is 1. The first-order chi connectivity index (χ1) is 16.9. The van der Waals surface area contributed by atoms with Gasteiger partial charge < -0.3 is 14.9 Å². The fraction of sp³-hybridized carbons (Fsp3) is 0.429. The lowest BCUT2D eigenvalue weighted by Gasteiger charge is -2.40. The topological polar surface area (TPSA) is 82.9 Å². The van der Waals surface area contributed by atoms with E-state index in [0.29, 0.717) is 25.1 Å². The summed E-state index contributed by atoms with van der Waals surface area (Å²) in [5, 5.41) is 21.9. The maximum atomic E-state index is 13.6. The molecule has 2 N–H and O–H groups in total. The second-order valence-electron chi connectivity index (χ2n) is 9.76. The van der Waals surface area contributed by atoms with Gasteiger partial charge in [0.15, 0.2) is 0 Å². The number of halogens is 1. The van der Waals surface area contributed by atoms with E-state index in [1.165, 1.54) is 6.07 Å². The molecule has 0 bridgehead atoms. The summed E-state index contributed by atoms with van der Waals surface area (Å²) >= 11 is 0. The van der Waals surface area contributed by atoms with Crippen LogP contribution in [0.3, 0.4) is 0 Å². The third-order valence-electron chi connectivity index (χ3n) is 7.85. The summed E-state index contributed by atoms with van der Waals surface area (Å²) < 4.78 is 19.0. The van der Waals surface area contributed by atoms with E-state index >= 15 is 0 Å². The van der Waals surface area contributed by atoms with Gasteiger partial charge in [0.05, 0.1) is 24.6 Å². The van der Waals surface area contributed by atoms with E-state index < -0.39 is 18.0 Å². The van der Waals surface area contributed by atoms with E-state index in [2.05, 4.69) is 9.88 Å². The molecular formula is C28H31FN2O4. The number of carboxylic acid groups (broad SMARTS) is 1. The lowest BCUT2D eigenvalue weighted by molar-refractivity contribution is -0.146. The molecule has 0 saturated carbocycles. The van der Waals surface area contributed by atoms with Gasteiger partial charge in [-0.3, -0.25) is 14.7 Å². The second-order valence-corrected chi connectivity index (χ2v) is 9.76. The number of hydrogen-bond donors (Lipinski definition) is 2. The predicted molar refractivity (Wildman–Crippen MR) is 131 cm³/mol. The van der Waals surface area contributed by atoms with E-state index in [4.69, 9.17) is 4.74 Å². The van der Waals surface area contributed by atoms with Gasteiger partial charge in [0.1, 0.15) is 11.6 Å². The number of likely N-dealkylation sites (tertiary alicyclic amines) is 1. The Morgan fingerprint density at radius 2 is 2.09 bits per heavy atom. The van der Waals surface area contributed by atoms with Gasteiger partial charge in [-0.05, 0) is 97.7 Å². The van der Waals surface area contributed by atoms with Crippen LogP contribution in [-0.2, 0) is 11.2 Å². The van der Waals surface area contributed by atoms with Crippen molar-refractivity contribution in [1.29, 1.82) is 0 Å². The third-order valence-corrected chi connectivity index (χ3v) is 7.85. The minimum atomic E-state index is -0.786. The molecule has 1 aliphatic carbocycles. The molecule has 1 aliphatic heterocycles. The van der Waals surface area contributed by atoms with Crippen molar-refractivity contribution >= 4 is 16.9 Å². The number of aliphatic carboxylic acids is 1. The van der Waals surface area contributed by atoms with Gasteiger partial charge in [0.25, 0.3) is 0 Å². The van der Waals surface area contributed by atoms with Crippen LogP contribution in [0.2, 0.25) is 0 Å². The van der Waals surface area contributed by atoms with Gasteiger partial charge >= 0.3 is 5.97 Å². The number of aliphatic hydroxyl groups excluding tert-OH is 1. The summed E-state index contributed by atoms with van der Waals surface area (Å²) in [6.45, 7) is 1.29. The molecule has 1 fully saturated rings. The molecule has 0 radical (unpaired) electrons. The minimum Gasteiger partial charge on any atom is -0.497 e. The van der Waals surface area contributed by atoms with E-state index in [1.54, 1.807) is 19.4 Å². The van der Waals surface area contributed by atoms with Crippen LogP contribution in [0.25, 0.3) is 10.9 Å². The molecule has 6 nitrogen and oxygen atoms in total. The van der Waals surface area contributed by atoms with Crippen molar-refractivity contribution in [1.82, 2.24) is 9.88 Å². The second kappa shape index (κ2) is 9.91. The Morgan fingerprint density at radius 3 is 2.89 bits per heavy atom. The minimum absolute atomic E-state index is 0.00451. The molecule has 1 saturated heterocycles. The highest BCUT2D eigenvalue weighted by Gasteiger charge is 2.38. The van der Waals surface area contributed by atoms with Gasteiger partial charge in [0, 0.05) is 24.2 Å². The first-order valence-corrected chi connectivity index (χ1v) is 12.3. The van der Waals surface area contributed by atoms with Crippen molar-refractivity contribution < 1.29 is 24.1 Å². The highest BCUT2D eigenvalue weighted by molar-refractivity contribution is 5.83. The molecule has 1 aromatic heterocycles. The van der Waals surface area contributed by atoms with Crippen LogP contribution in [0.5, 0.6) is 5.75 Å². The summed E-state index contributed by atoms with van der Waals surface area (Å²) in [7, 11) is 1.61. The molecule has 2 aliphatic rings. The molecule has 2 unspecified atom stereocenters. The molecular weight excluding hydrogens is 447 g/mol. The summed E-state index contributed by atoms with van der Waals surface area (Å²) in [4.78, 5) is 18.9. The number of aromatic nitrogens is 1. The van der Waals surface area contributed by atoms with Crippen LogP contribution in [0, 0.1) is 17.7 Å². The molecule has 7 heteroatoms. The van der Waals surface area contributed by atoms with Crippen molar-refractivity contribution in [3.8, 4) is 5.75 Å². The maximum absolute atomic E-state index is 13.6.